The van der Waals surface area contributed by atoms with E-state index in [0.29, 0.717) is 17.9 Å². The lowest BCUT2D eigenvalue weighted by molar-refractivity contribution is 0.155. The fourth-order valence-corrected chi connectivity index (χ4v) is 2.30. The molecule has 0 bridgehead atoms. The van der Waals surface area contributed by atoms with Gasteiger partial charge in [0.2, 0.25) is 0 Å². The average Bonchev–Trinajstić information content (AvgIpc) is 2.55. The molecule has 23 heavy (non-hydrogen) atoms. The summed E-state index contributed by atoms with van der Waals surface area (Å²) < 4.78 is 5.11. The van der Waals surface area contributed by atoms with Crippen molar-refractivity contribution in [1.29, 1.82) is 0 Å². The van der Waals surface area contributed by atoms with Crippen LogP contribution in [-0.2, 0) is 0 Å². The van der Waals surface area contributed by atoms with Crippen molar-refractivity contribution in [3.05, 3.63) is 60.2 Å². The van der Waals surface area contributed by atoms with Gasteiger partial charge in [-0.15, -0.1) is 0 Å². The van der Waals surface area contributed by atoms with Crippen molar-refractivity contribution in [2.75, 3.05) is 12.4 Å². The van der Waals surface area contributed by atoms with Crippen LogP contribution in [0.15, 0.2) is 54.6 Å². The van der Waals surface area contributed by atoms with Gasteiger partial charge in [0.25, 0.3) is 0 Å². The van der Waals surface area contributed by atoms with Crippen molar-refractivity contribution < 1.29 is 14.6 Å². The van der Waals surface area contributed by atoms with Gasteiger partial charge in [-0.1, -0.05) is 36.4 Å². The Morgan fingerprint density at radius 3 is 2.61 bits per heavy atom. The number of hydrogen-bond acceptors (Lipinski definition) is 3. The second-order valence-electron chi connectivity index (χ2n) is 5.39. The summed E-state index contributed by atoms with van der Waals surface area (Å²) in [5.74, 6) is 0.676. The Morgan fingerprint density at radius 1 is 1.17 bits per heavy atom. The van der Waals surface area contributed by atoms with Crippen LogP contribution in [0.1, 0.15) is 25.0 Å². The number of aliphatic hydroxyl groups excluding tert-OH is 1. The largest absolute Gasteiger partial charge is 0.497 e. The van der Waals surface area contributed by atoms with E-state index in [2.05, 4.69) is 10.6 Å². The molecule has 2 amide bonds. The van der Waals surface area contributed by atoms with Gasteiger partial charge in [-0.05, 0) is 31.0 Å². The Morgan fingerprint density at radius 2 is 1.91 bits per heavy atom. The average molecular weight is 314 g/mol. The van der Waals surface area contributed by atoms with Crippen molar-refractivity contribution in [3.8, 4) is 5.75 Å². The van der Waals surface area contributed by atoms with E-state index < -0.39 is 6.10 Å². The van der Waals surface area contributed by atoms with Crippen LogP contribution in [0.4, 0.5) is 10.5 Å². The first-order valence-electron chi connectivity index (χ1n) is 7.53. The Bertz CT molecular complexity index is 631. The van der Waals surface area contributed by atoms with Gasteiger partial charge in [-0.25, -0.2) is 4.79 Å². The molecule has 0 saturated carbocycles. The van der Waals surface area contributed by atoms with Crippen LogP contribution in [0.3, 0.4) is 0 Å². The number of anilines is 1. The van der Waals surface area contributed by atoms with Crippen LogP contribution in [0, 0.1) is 0 Å². The highest BCUT2D eigenvalue weighted by Crippen LogP contribution is 2.18. The van der Waals surface area contributed by atoms with E-state index in [4.69, 9.17) is 4.74 Å². The molecule has 0 radical (unpaired) electrons. The van der Waals surface area contributed by atoms with Crippen molar-refractivity contribution >= 4 is 11.7 Å². The van der Waals surface area contributed by atoms with E-state index in [0.717, 1.165) is 5.56 Å². The van der Waals surface area contributed by atoms with E-state index >= 15 is 0 Å². The van der Waals surface area contributed by atoms with Crippen LogP contribution < -0.4 is 15.4 Å². The van der Waals surface area contributed by atoms with Crippen LogP contribution in [-0.4, -0.2) is 24.3 Å². The topological polar surface area (TPSA) is 70.6 Å². The molecule has 0 heterocycles. The van der Waals surface area contributed by atoms with Gasteiger partial charge in [-0.3, -0.25) is 0 Å². The number of ether oxygens (including phenoxy) is 1. The lowest BCUT2D eigenvalue weighted by atomic mass is 10.0. The number of nitrogens with one attached hydrogen (secondary N) is 2. The Balaban J connectivity index is 1.84. The molecule has 5 heteroatoms. The second kappa shape index (κ2) is 8.19. The number of rotatable bonds is 6. The van der Waals surface area contributed by atoms with Gasteiger partial charge < -0.3 is 20.5 Å². The van der Waals surface area contributed by atoms with Gasteiger partial charge in [0.1, 0.15) is 5.75 Å². The highest BCUT2D eigenvalue weighted by Gasteiger charge is 2.14. The number of amides is 2. The number of benzene rings is 2. The van der Waals surface area contributed by atoms with E-state index in [1.165, 1.54) is 0 Å². The van der Waals surface area contributed by atoms with Crippen LogP contribution in [0.2, 0.25) is 0 Å². The summed E-state index contributed by atoms with van der Waals surface area (Å²) in [6.07, 6.45) is -0.168. The summed E-state index contributed by atoms with van der Waals surface area (Å²) in [5.41, 5.74) is 1.49. The molecule has 122 valence electrons. The maximum atomic E-state index is 12.0. The third kappa shape index (κ3) is 5.30. The van der Waals surface area contributed by atoms with Crippen molar-refractivity contribution in [2.24, 2.45) is 0 Å². The second-order valence-corrected chi connectivity index (χ2v) is 5.39. The predicted octanol–water partition coefficient (Wildman–Crippen LogP) is 3.33. The van der Waals surface area contributed by atoms with Crippen LogP contribution in [0.5, 0.6) is 5.75 Å². The predicted molar refractivity (Wildman–Crippen MR) is 90.6 cm³/mol. The van der Waals surface area contributed by atoms with Gasteiger partial charge in [0.15, 0.2) is 0 Å². The maximum absolute atomic E-state index is 12.0. The molecule has 0 aromatic heterocycles. The number of carbonyl (C=O) groups is 1. The Hall–Kier alpha value is -2.53. The van der Waals surface area contributed by atoms with Gasteiger partial charge in [0, 0.05) is 17.8 Å². The molecule has 2 atom stereocenters. The molecule has 5 nitrogen and oxygen atoms in total. The molecule has 3 N–H and O–H groups in total. The molecule has 0 aliphatic heterocycles. The number of hydrogen-bond donors (Lipinski definition) is 3. The minimum absolute atomic E-state index is 0.171. The summed E-state index contributed by atoms with van der Waals surface area (Å²) >= 11 is 0. The van der Waals surface area contributed by atoms with Crippen LogP contribution in [0.25, 0.3) is 0 Å². The summed E-state index contributed by atoms with van der Waals surface area (Å²) in [6.45, 7) is 1.86. The summed E-state index contributed by atoms with van der Waals surface area (Å²) in [4.78, 5) is 12.0. The molecule has 0 fully saturated rings. The molecule has 0 aliphatic carbocycles. The van der Waals surface area contributed by atoms with Crippen molar-refractivity contribution in [1.82, 2.24) is 5.32 Å². The van der Waals surface area contributed by atoms with Gasteiger partial charge in [0.05, 0.1) is 13.2 Å². The summed E-state index contributed by atoms with van der Waals surface area (Å²) in [5, 5.41) is 15.7. The normalized spacial score (nSPS) is 13.0. The lowest BCUT2D eigenvalue weighted by Crippen LogP contribution is -2.37. The van der Waals surface area contributed by atoms with Gasteiger partial charge in [-0.2, -0.15) is 0 Å². The molecule has 2 aromatic carbocycles. The first-order chi connectivity index (χ1) is 11.1. The fourth-order valence-electron chi connectivity index (χ4n) is 2.30. The van der Waals surface area contributed by atoms with Gasteiger partial charge >= 0.3 is 6.03 Å². The van der Waals surface area contributed by atoms with E-state index in [9.17, 15) is 9.90 Å². The monoisotopic (exact) mass is 314 g/mol. The smallest absolute Gasteiger partial charge is 0.319 e. The van der Waals surface area contributed by atoms with Crippen LogP contribution >= 0.6 is 0 Å². The SMILES string of the molecule is COc1cccc(NC(=O)NC(C)CC(O)c2ccccc2)c1. The third-order valence-electron chi connectivity index (χ3n) is 3.47. The highest BCUT2D eigenvalue weighted by atomic mass is 16.5. The lowest BCUT2D eigenvalue weighted by Gasteiger charge is -2.18. The first kappa shape index (κ1) is 16.8. The zero-order chi connectivity index (χ0) is 16.7. The molecule has 0 spiro atoms. The number of urea groups is 1. The number of carbonyl (C=O) groups excluding carboxylic acids is 1. The molecule has 0 aliphatic rings. The van der Waals surface area contributed by atoms with E-state index in [1.54, 1.807) is 25.3 Å². The maximum Gasteiger partial charge on any atom is 0.319 e. The standard InChI is InChI=1S/C18H22N2O3/c1-13(11-17(21)14-7-4-3-5-8-14)19-18(22)20-15-9-6-10-16(12-15)23-2/h3-10,12-13,17,21H,11H2,1-2H3,(H2,19,20,22). The summed E-state index contributed by atoms with van der Waals surface area (Å²) in [7, 11) is 1.58. The van der Waals surface area contributed by atoms with E-state index in [-0.39, 0.29) is 12.1 Å². The molecule has 2 unspecified atom stereocenters. The number of methoxy groups -OCH3 is 1. The minimum atomic E-state index is -0.608. The Labute approximate surface area is 136 Å². The molecule has 0 saturated heterocycles. The first-order valence-corrected chi connectivity index (χ1v) is 7.53. The third-order valence-corrected chi connectivity index (χ3v) is 3.47. The Kier molecular flexibility index (Phi) is 6.00. The van der Waals surface area contributed by atoms with Crippen molar-refractivity contribution in [2.45, 2.75) is 25.5 Å². The molecule has 2 rings (SSSR count). The minimum Gasteiger partial charge on any atom is -0.497 e. The fraction of sp³-hybridized carbons (Fsp3) is 0.278. The molecular weight excluding hydrogens is 292 g/mol. The highest BCUT2D eigenvalue weighted by molar-refractivity contribution is 5.89. The molecular formula is C18H22N2O3. The zero-order valence-electron chi connectivity index (χ0n) is 13.3. The van der Waals surface area contributed by atoms with E-state index in [1.807, 2.05) is 43.3 Å². The van der Waals surface area contributed by atoms with Crippen molar-refractivity contribution in [3.63, 3.8) is 0 Å². The number of aliphatic hydroxyl groups is 1. The zero-order valence-corrected chi connectivity index (χ0v) is 13.3. The quantitative estimate of drug-likeness (QED) is 0.766. The summed E-state index contributed by atoms with van der Waals surface area (Å²) in [6, 6.07) is 16.1. The molecule has 2 aromatic rings.